The molecular formula is C19H18N4O2S. The number of aliphatic hydroxyl groups is 1. The number of hydrogen-bond donors (Lipinski definition) is 2. The van der Waals surface area contributed by atoms with Crippen LogP contribution in [-0.4, -0.2) is 32.6 Å². The molecule has 3 atom stereocenters. The molecule has 1 unspecified atom stereocenters. The van der Waals surface area contributed by atoms with E-state index in [1.54, 1.807) is 7.05 Å². The zero-order chi connectivity index (χ0) is 17.8. The van der Waals surface area contributed by atoms with Crippen LogP contribution in [0.15, 0.2) is 36.8 Å². The van der Waals surface area contributed by atoms with Gasteiger partial charge in [0.2, 0.25) is 0 Å². The number of thiazole rings is 1. The van der Waals surface area contributed by atoms with E-state index in [9.17, 15) is 9.90 Å². The fourth-order valence-electron chi connectivity index (χ4n) is 4.28. The van der Waals surface area contributed by atoms with E-state index in [1.165, 1.54) is 22.5 Å². The van der Waals surface area contributed by atoms with E-state index in [0.29, 0.717) is 10.7 Å². The Morgan fingerprint density at radius 2 is 2.23 bits per heavy atom. The van der Waals surface area contributed by atoms with Gasteiger partial charge < -0.3 is 15.0 Å². The first-order valence-corrected chi connectivity index (χ1v) is 9.51. The van der Waals surface area contributed by atoms with E-state index in [2.05, 4.69) is 32.0 Å². The quantitative estimate of drug-likeness (QED) is 0.730. The van der Waals surface area contributed by atoms with E-state index >= 15 is 0 Å². The molecule has 0 saturated carbocycles. The number of nitrogens with zero attached hydrogens (tertiary/aromatic N) is 3. The highest BCUT2D eigenvalue weighted by molar-refractivity contribution is 7.13. The molecule has 2 aliphatic rings. The molecule has 6 nitrogen and oxygen atoms in total. The van der Waals surface area contributed by atoms with E-state index in [0.717, 1.165) is 23.4 Å². The van der Waals surface area contributed by atoms with Crippen molar-refractivity contribution >= 4 is 17.2 Å². The smallest absolute Gasteiger partial charge is 0.280 e. The van der Waals surface area contributed by atoms with Crippen molar-refractivity contribution < 1.29 is 9.90 Å². The van der Waals surface area contributed by atoms with Crippen LogP contribution in [-0.2, 0) is 6.42 Å². The number of aliphatic hydroxyl groups excluding tert-OH is 1. The van der Waals surface area contributed by atoms with Crippen molar-refractivity contribution in [1.29, 1.82) is 0 Å². The number of rotatable bonds is 2. The molecule has 1 amide bonds. The second-order valence-electron chi connectivity index (χ2n) is 6.77. The lowest BCUT2D eigenvalue weighted by Gasteiger charge is -2.33. The Kier molecular flexibility index (Phi) is 3.48. The summed E-state index contributed by atoms with van der Waals surface area (Å²) in [5, 5.41) is 14.1. The minimum absolute atomic E-state index is 0.00117. The molecule has 1 aliphatic carbocycles. The lowest BCUT2D eigenvalue weighted by Crippen LogP contribution is -2.28. The third kappa shape index (κ3) is 2.10. The van der Waals surface area contributed by atoms with E-state index < -0.39 is 6.10 Å². The van der Waals surface area contributed by atoms with Crippen LogP contribution in [0.4, 0.5) is 0 Å². The highest BCUT2D eigenvalue weighted by Gasteiger charge is 2.42. The van der Waals surface area contributed by atoms with Crippen LogP contribution in [0.5, 0.6) is 0 Å². The van der Waals surface area contributed by atoms with Gasteiger partial charge in [0.05, 0.1) is 30.0 Å². The van der Waals surface area contributed by atoms with Crippen LogP contribution >= 0.6 is 11.3 Å². The predicted octanol–water partition coefficient (Wildman–Crippen LogP) is 2.57. The highest BCUT2D eigenvalue weighted by atomic mass is 32.1. The van der Waals surface area contributed by atoms with Gasteiger partial charge in [-0.25, -0.2) is 9.97 Å². The summed E-state index contributed by atoms with van der Waals surface area (Å²) in [4.78, 5) is 21.7. The number of nitrogens with one attached hydrogen (secondary N) is 1. The molecule has 1 aliphatic heterocycles. The number of benzene rings is 1. The number of aryl methyl sites for hydroxylation is 1. The average molecular weight is 366 g/mol. The maximum Gasteiger partial charge on any atom is 0.280 e. The first kappa shape index (κ1) is 15.7. The van der Waals surface area contributed by atoms with Gasteiger partial charge in [0.15, 0.2) is 5.01 Å². The van der Waals surface area contributed by atoms with E-state index in [4.69, 9.17) is 0 Å². The van der Waals surface area contributed by atoms with Crippen LogP contribution in [0.1, 0.15) is 44.5 Å². The Hall–Kier alpha value is -2.51. The molecule has 0 saturated heterocycles. The van der Waals surface area contributed by atoms with Gasteiger partial charge in [-0.05, 0) is 18.4 Å². The topological polar surface area (TPSA) is 80.0 Å². The third-order valence-corrected chi connectivity index (χ3v) is 6.60. The molecule has 26 heavy (non-hydrogen) atoms. The summed E-state index contributed by atoms with van der Waals surface area (Å²) < 4.78 is 2.16. The summed E-state index contributed by atoms with van der Waals surface area (Å²) in [5.41, 5.74) is 4.15. The first-order chi connectivity index (χ1) is 12.7. The number of fused-ring (bicyclic) bond motifs is 4. The van der Waals surface area contributed by atoms with Crippen LogP contribution in [0.3, 0.4) is 0 Å². The van der Waals surface area contributed by atoms with Gasteiger partial charge in [-0.15, -0.1) is 11.3 Å². The molecule has 3 heterocycles. The van der Waals surface area contributed by atoms with Crippen molar-refractivity contribution in [1.82, 2.24) is 19.9 Å². The summed E-state index contributed by atoms with van der Waals surface area (Å²) in [6, 6.07) is 8.35. The fourth-order valence-corrected chi connectivity index (χ4v) is 5.34. The SMILES string of the molecule is CNC(=O)c1nc2c(s1)CC[C@H](C1c3ccccc3-c3cncn31)[C@H]2O. The molecule has 2 aromatic heterocycles. The molecule has 5 rings (SSSR count). The Bertz CT molecular complexity index is 1010. The molecule has 0 radical (unpaired) electrons. The maximum absolute atomic E-state index is 11.9. The van der Waals surface area contributed by atoms with Crippen LogP contribution in [0, 0.1) is 5.92 Å². The van der Waals surface area contributed by atoms with Crippen LogP contribution < -0.4 is 5.32 Å². The Balaban J connectivity index is 1.56. The van der Waals surface area contributed by atoms with E-state index in [-0.39, 0.29) is 17.9 Å². The van der Waals surface area contributed by atoms with Gasteiger partial charge in [-0.1, -0.05) is 24.3 Å². The first-order valence-electron chi connectivity index (χ1n) is 8.70. The molecule has 3 aromatic rings. The van der Waals surface area contributed by atoms with Gasteiger partial charge in [0, 0.05) is 23.4 Å². The van der Waals surface area contributed by atoms with Gasteiger partial charge in [0.1, 0.15) is 6.10 Å². The number of carbonyl (C=O) groups excluding carboxylic acids is 1. The minimum Gasteiger partial charge on any atom is -0.386 e. The van der Waals surface area contributed by atoms with Gasteiger partial charge in [-0.2, -0.15) is 0 Å². The second-order valence-corrected chi connectivity index (χ2v) is 7.86. The van der Waals surface area contributed by atoms with Crippen molar-refractivity contribution in [2.75, 3.05) is 7.05 Å². The molecule has 2 N–H and O–H groups in total. The molecular weight excluding hydrogens is 348 g/mol. The lowest BCUT2D eigenvalue weighted by molar-refractivity contribution is 0.0690. The number of imidazole rings is 1. The van der Waals surface area contributed by atoms with Crippen molar-refractivity contribution in [3.8, 4) is 11.3 Å². The maximum atomic E-state index is 11.9. The van der Waals surface area contributed by atoms with Gasteiger partial charge in [-0.3, -0.25) is 4.79 Å². The number of carbonyl (C=O) groups is 1. The van der Waals surface area contributed by atoms with Crippen molar-refractivity contribution in [2.24, 2.45) is 5.92 Å². The third-order valence-electron chi connectivity index (χ3n) is 5.47. The summed E-state index contributed by atoms with van der Waals surface area (Å²) >= 11 is 1.39. The summed E-state index contributed by atoms with van der Waals surface area (Å²) in [6.45, 7) is 0. The standard InChI is InChI=1S/C19H18N4O2S/c1-20-18(25)19-22-15-14(26-19)7-6-12(17(15)24)16-11-5-3-2-4-10(11)13-8-21-9-23(13)16/h2-5,8-9,12,16-17,24H,6-7H2,1H3,(H,20,25)/t12-,16?,17-/m1/s1. The van der Waals surface area contributed by atoms with Crippen molar-refractivity contribution in [3.05, 3.63) is 57.9 Å². The summed E-state index contributed by atoms with van der Waals surface area (Å²) in [5.74, 6) is -0.199. The molecule has 0 fully saturated rings. The predicted molar refractivity (Wildman–Crippen MR) is 98.1 cm³/mol. The highest BCUT2D eigenvalue weighted by Crippen LogP contribution is 2.50. The largest absolute Gasteiger partial charge is 0.386 e. The number of aromatic nitrogens is 3. The molecule has 132 valence electrons. The van der Waals surface area contributed by atoms with Crippen molar-refractivity contribution in [2.45, 2.75) is 25.0 Å². The average Bonchev–Trinajstić information content (AvgIpc) is 3.36. The Morgan fingerprint density at radius 3 is 3.08 bits per heavy atom. The second kappa shape index (κ2) is 5.75. The van der Waals surface area contributed by atoms with Gasteiger partial charge >= 0.3 is 0 Å². The molecule has 7 heteroatoms. The molecule has 1 aromatic carbocycles. The number of amides is 1. The molecule has 0 bridgehead atoms. The zero-order valence-electron chi connectivity index (χ0n) is 14.2. The fraction of sp³-hybridized carbons (Fsp3) is 0.316. The Labute approximate surface area is 154 Å². The van der Waals surface area contributed by atoms with E-state index in [1.807, 2.05) is 24.7 Å². The van der Waals surface area contributed by atoms with Crippen LogP contribution in [0.25, 0.3) is 11.3 Å². The normalized spacial score (nSPS) is 23.2. The number of hydrogen-bond acceptors (Lipinski definition) is 5. The Morgan fingerprint density at radius 1 is 1.38 bits per heavy atom. The minimum atomic E-state index is -0.695. The van der Waals surface area contributed by atoms with Gasteiger partial charge in [0.25, 0.3) is 5.91 Å². The summed E-state index contributed by atoms with van der Waals surface area (Å²) in [6.07, 6.45) is 4.71. The zero-order valence-corrected chi connectivity index (χ0v) is 15.0. The lowest BCUT2D eigenvalue weighted by atomic mass is 9.80. The van der Waals surface area contributed by atoms with Crippen LogP contribution in [0.2, 0.25) is 0 Å². The molecule has 0 spiro atoms. The van der Waals surface area contributed by atoms with Crippen molar-refractivity contribution in [3.63, 3.8) is 0 Å². The monoisotopic (exact) mass is 366 g/mol. The summed E-state index contributed by atoms with van der Waals surface area (Å²) in [7, 11) is 1.60.